The Morgan fingerprint density at radius 2 is 1.91 bits per heavy atom. The summed E-state index contributed by atoms with van der Waals surface area (Å²) < 4.78 is 7.60. The number of hydrogen-bond donors (Lipinski definition) is 2. The van der Waals surface area contributed by atoms with Crippen molar-refractivity contribution in [2.75, 3.05) is 13.2 Å². The van der Waals surface area contributed by atoms with Gasteiger partial charge in [0.25, 0.3) is 0 Å². The van der Waals surface area contributed by atoms with Crippen LogP contribution in [0, 0.1) is 0 Å². The highest BCUT2D eigenvalue weighted by molar-refractivity contribution is 9.11. The van der Waals surface area contributed by atoms with E-state index in [1.165, 1.54) is 0 Å². The van der Waals surface area contributed by atoms with Gasteiger partial charge >= 0.3 is 0 Å². The Hall–Kier alpha value is -0.880. The summed E-state index contributed by atoms with van der Waals surface area (Å²) in [6.07, 6.45) is -0.521. The lowest BCUT2D eigenvalue weighted by molar-refractivity contribution is 0.174. The summed E-state index contributed by atoms with van der Waals surface area (Å²) in [5, 5.41) is 13.4. The van der Waals surface area contributed by atoms with Gasteiger partial charge in [0.15, 0.2) is 0 Å². The zero-order valence-corrected chi connectivity index (χ0v) is 15.5. The van der Waals surface area contributed by atoms with Crippen LogP contribution >= 0.6 is 31.9 Å². The topological polar surface area (TPSA) is 41.5 Å². The number of nitrogens with one attached hydrogen (secondary N) is 1. The van der Waals surface area contributed by atoms with Crippen LogP contribution in [0.15, 0.2) is 51.4 Å². The van der Waals surface area contributed by atoms with Gasteiger partial charge in [-0.25, -0.2) is 0 Å². The highest BCUT2D eigenvalue weighted by atomic mass is 79.9. The average Bonchev–Trinajstić information content (AvgIpc) is 2.51. The number of hydrogen-bond acceptors (Lipinski definition) is 3. The number of ether oxygens (including phenoxy) is 1. The first-order valence-corrected chi connectivity index (χ1v) is 8.75. The van der Waals surface area contributed by atoms with E-state index in [1.54, 1.807) is 0 Å². The second-order valence-corrected chi connectivity index (χ2v) is 6.64. The van der Waals surface area contributed by atoms with Crippen molar-refractivity contribution in [2.45, 2.75) is 19.6 Å². The maximum atomic E-state index is 10.2. The SMILES string of the molecule is CCOc1c(Br)cc(Br)cc1CNCC(O)c1ccccc1. The number of aliphatic hydroxyl groups excluding tert-OH is 1. The summed E-state index contributed by atoms with van der Waals surface area (Å²) in [5.41, 5.74) is 1.96. The quantitative estimate of drug-likeness (QED) is 0.685. The third-order valence-electron chi connectivity index (χ3n) is 3.21. The molecule has 0 fully saturated rings. The zero-order chi connectivity index (χ0) is 15.9. The number of aliphatic hydroxyl groups is 1. The molecule has 0 spiro atoms. The van der Waals surface area contributed by atoms with E-state index in [2.05, 4.69) is 37.2 Å². The van der Waals surface area contributed by atoms with Crippen molar-refractivity contribution in [3.63, 3.8) is 0 Å². The summed E-state index contributed by atoms with van der Waals surface area (Å²) >= 11 is 7.02. The Kier molecular flexibility index (Phi) is 6.89. The van der Waals surface area contributed by atoms with E-state index in [9.17, 15) is 5.11 Å². The lowest BCUT2D eigenvalue weighted by atomic mass is 10.1. The van der Waals surface area contributed by atoms with Gasteiger partial charge in [-0.3, -0.25) is 0 Å². The minimum Gasteiger partial charge on any atom is -0.492 e. The van der Waals surface area contributed by atoms with Crippen LogP contribution in [-0.4, -0.2) is 18.3 Å². The average molecular weight is 429 g/mol. The van der Waals surface area contributed by atoms with Crippen LogP contribution in [0.5, 0.6) is 5.75 Å². The first kappa shape index (κ1) is 17.5. The van der Waals surface area contributed by atoms with Crippen LogP contribution in [0.25, 0.3) is 0 Å². The van der Waals surface area contributed by atoms with Gasteiger partial charge in [-0.2, -0.15) is 0 Å². The van der Waals surface area contributed by atoms with Gasteiger partial charge < -0.3 is 15.2 Å². The molecule has 0 radical (unpaired) electrons. The minimum absolute atomic E-state index is 0.486. The summed E-state index contributed by atoms with van der Waals surface area (Å²) in [6, 6.07) is 13.6. The molecule has 0 aromatic heterocycles. The third-order valence-corrected chi connectivity index (χ3v) is 4.26. The van der Waals surface area contributed by atoms with E-state index in [1.807, 2.05) is 49.4 Å². The van der Waals surface area contributed by atoms with E-state index in [0.29, 0.717) is 19.7 Å². The van der Waals surface area contributed by atoms with Crippen molar-refractivity contribution in [2.24, 2.45) is 0 Å². The fourth-order valence-electron chi connectivity index (χ4n) is 2.19. The Morgan fingerprint density at radius 3 is 2.59 bits per heavy atom. The Balaban J connectivity index is 1.99. The second-order valence-electron chi connectivity index (χ2n) is 4.87. The maximum Gasteiger partial charge on any atom is 0.138 e. The molecule has 5 heteroatoms. The molecule has 2 aromatic rings. The van der Waals surface area contributed by atoms with Crippen LogP contribution in [0.2, 0.25) is 0 Å². The van der Waals surface area contributed by atoms with Crippen LogP contribution < -0.4 is 10.1 Å². The summed E-state index contributed by atoms with van der Waals surface area (Å²) in [5.74, 6) is 0.840. The van der Waals surface area contributed by atoms with Gasteiger partial charge in [0.2, 0.25) is 0 Å². The Morgan fingerprint density at radius 1 is 1.18 bits per heavy atom. The molecule has 0 aliphatic heterocycles. The molecule has 2 N–H and O–H groups in total. The fourth-order valence-corrected chi connectivity index (χ4v) is 3.62. The maximum absolute atomic E-state index is 10.2. The van der Waals surface area contributed by atoms with Gasteiger partial charge in [-0.1, -0.05) is 46.3 Å². The summed E-state index contributed by atoms with van der Waals surface area (Å²) in [4.78, 5) is 0. The van der Waals surface area contributed by atoms with E-state index < -0.39 is 6.10 Å². The number of halogens is 2. The highest BCUT2D eigenvalue weighted by Gasteiger charge is 2.11. The molecule has 2 rings (SSSR count). The van der Waals surface area contributed by atoms with E-state index in [-0.39, 0.29) is 0 Å². The lowest BCUT2D eigenvalue weighted by Crippen LogP contribution is -2.21. The van der Waals surface area contributed by atoms with Crippen LogP contribution in [0.1, 0.15) is 24.2 Å². The van der Waals surface area contributed by atoms with Crippen LogP contribution in [-0.2, 0) is 6.54 Å². The zero-order valence-electron chi connectivity index (χ0n) is 12.4. The van der Waals surface area contributed by atoms with Gasteiger partial charge in [0, 0.05) is 23.1 Å². The largest absolute Gasteiger partial charge is 0.492 e. The first-order valence-electron chi connectivity index (χ1n) is 7.16. The molecule has 0 saturated heterocycles. The minimum atomic E-state index is -0.521. The summed E-state index contributed by atoms with van der Waals surface area (Å²) in [7, 11) is 0. The normalized spacial score (nSPS) is 12.2. The molecular weight excluding hydrogens is 410 g/mol. The standard InChI is InChI=1S/C17H19Br2NO2/c1-2-22-17-13(8-14(18)9-15(17)19)10-20-11-16(21)12-6-4-3-5-7-12/h3-9,16,20-21H,2,10-11H2,1H3. The van der Waals surface area contributed by atoms with Crippen molar-refractivity contribution in [3.8, 4) is 5.75 Å². The smallest absolute Gasteiger partial charge is 0.138 e. The predicted molar refractivity (Wildman–Crippen MR) is 96.1 cm³/mol. The van der Waals surface area contributed by atoms with Crippen molar-refractivity contribution in [3.05, 3.63) is 62.5 Å². The molecule has 0 aliphatic carbocycles. The lowest BCUT2D eigenvalue weighted by Gasteiger charge is -2.16. The molecular formula is C17H19Br2NO2. The number of benzene rings is 2. The van der Waals surface area contributed by atoms with Crippen LogP contribution in [0.4, 0.5) is 0 Å². The molecule has 118 valence electrons. The fraction of sp³-hybridized carbons (Fsp3) is 0.294. The van der Waals surface area contributed by atoms with Crippen molar-refractivity contribution in [1.82, 2.24) is 5.32 Å². The first-order chi connectivity index (χ1) is 10.6. The molecule has 1 unspecified atom stereocenters. The predicted octanol–water partition coefficient (Wildman–Crippen LogP) is 4.43. The second kappa shape index (κ2) is 8.67. The molecule has 22 heavy (non-hydrogen) atoms. The molecule has 0 saturated carbocycles. The van der Waals surface area contributed by atoms with Crippen molar-refractivity contribution >= 4 is 31.9 Å². The Bertz CT molecular complexity index is 605. The third kappa shape index (κ3) is 4.81. The van der Waals surface area contributed by atoms with E-state index >= 15 is 0 Å². The van der Waals surface area contributed by atoms with E-state index in [4.69, 9.17) is 4.74 Å². The highest BCUT2D eigenvalue weighted by Crippen LogP contribution is 2.33. The molecule has 0 amide bonds. The van der Waals surface area contributed by atoms with Crippen LogP contribution in [0.3, 0.4) is 0 Å². The molecule has 2 aromatic carbocycles. The molecule has 0 heterocycles. The molecule has 1 atom stereocenters. The van der Waals surface area contributed by atoms with Gasteiger partial charge in [-0.15, -0.1) is 0 Å². The van der Waals surface area contributed by atoms with Gasteiger partial charge in [0.1, 0.15) is 5.75 Å². The molecule has 0 aliphatic rings. The molecule has 0 bridgehead atoms. The number of rotatable bonds is 7. The van der Waals surface area contributed by atoms with E-state index in [0.717, 1.165) is 25.8 Å². The van der Waals surface area contributed by atoms with Gasteiger partial charge in [-0.05, 0) is 40.5 Å². The molecule has 3 nitrogen and oxygen atoms in total. The monoisotopic (exact) mass is 427 g/mol. The van der Waals surface area contributed by atoms with Crippen molar-refractivity contribution in [1.29, 1.82) is 0 Å². The Labute approximate surface area is 148 Å². The van der Waals surface area contributed by atoms with Crippen molar-refractivity contribution < 1.29 is 9.84 Å². The summed E-state index contributed by atoms with van der Waals surface area (Å²) in [6.45, 7) is 3.68. The van der Waals surface area contributed by atoms with Gasteiger partial charge in [0.05, 0.1) is 17.2 Å².